The van der Waals surface area contributed by atoms with Crippen molar-refractivity contribution in [3.63, 3.8) is 0 Å². The number of carboxylic acid groups (broad SMARTS) is 1. The van der Waals surface area contributed by atoms with Gasteiger partial charge in [-0.3, -0.25) is 9.48 Å². The minimum Gasteiger partial charge on any atom is -0.481 e. The summed E-state index contributed by atoms with van der Waals surface area (Å²) in [7, 11) is 1.96. The van der Waals surface area contributed by atoms with Crippen LogP contribution in [0.2, 0.25) is 0 Å². The molecule has 0 aromatic carbocycles. The lowest BCUT2D eigenvalue weighted by atomic mass is 9.86. The van der Waals surface area contributed by atoms with Gasteiger partial charge < -0.3 is 10.4 Å². The maximum atomic E-state index is 11.0. The van der Waals surface area contributed by atoms with Crippen LogP contribution in [0.4, 0.5) is 0 Å². The van der Waals surface area contributed by atoms with E-state index in [4.69, 9.17) is 5.11 Å². The van der Waals surface area contributed by atoms with Crippen LogP contribution in [0.5, 0.6) is 0 Å². The predicted molar refractivity (Wildman–Crippen MR) is 82.1 cm³/mol. The highest BCUT2D eigenvalue weighted by atomic mass is 16.4. The van der Waals surface area contributed by atoms with Crippen LogP contribution in [0.15, 0.2) is 6.20 Å². The fraction of sp³-hybridized carbons (Fsp3) is 0.750. The number of aryl methyl sites for hydroxylation is 1. The van der Waals surface area contributed by atoms with Gasteiger partial charge >= 0.3 is 5.97 Å². The number of hydrogen-bond donors (Lipinski definition) is 2. The molecule has 0 radical (unpaired) electrons. The number of aliphatic carboxylic acids is 1. The van der Waals surface area contributed by atoms with Gasteiger partial charge in [-0.1, -0.05) is 20.8 Å². The molecule has 2 rings (SSSR count). The van der Waals surface area contributed by atoms with Crippen LogP contribution in [0.1, 0.15) is 57.7 Å². The zero-order valence-corrected chi connectivity index (χ0v) is 13.5. The Hall–Kier alpha value is -1.36. The van der Waals surface area contributed by atoms with Crippen LogP contribution in [0.3, 0.4) is 0 Å². The van der Waals surface area contributed by atoms with E-state index in [9.17, 15) is 4.79 Å². The molecule has 1 fully saturated rings. The molecule has 5 nitrogen and oxygen atoms in total. The summed E-state index contributed by atoms with van der Waals surface area (Å²) in [4.78, 5) is 11.0. The van der Waals surface area contributed by atoms with Crippen LogP contribution in [0, 0.1) is 5.92 Å². The first-order valence-corrected chi connectivity index (χ1v) is 7.76. The second kappa shape index (κ2) is 6.18. The Bertz CT molecular complexity index is 494. The van der Waals surface area contributed by atoms with E-state index < -0.39 is 5.97 Å². The molecule has 1 aromatic rings. The molecule has 0 unspecified atom stereocenters. The first-order chi connectivity index (χ1) is 9.77. The molecule has 1 aliphatic rings. The van der Waals surface area contributed by atoms with Gasteiger partial charge in [0.05, 0.1) is 11.6 Å². The first kappa shape index (κ1) is 16.0. The molecule has 2 N–H and O–H groups in total. The molecule has 0 spiro atoms. The Morgan fingerprint density at radius 3 is 2.52 bits per heavy atom. The topological polar surface area (TPSA) is 67.2 Å². The molecule has 118 valence electrons. The molecule has 21 heavy (non-hydrogen) atoms. The van der Waals surface area contributed by atoms with E-state index in [0.29, 0.717) is 6.04 Å². The lowest BCUT2D eigenvalue weighted by Gasteiger charge is -2.27. The minimum absolute atomic E-state index is 0.0409. The van der Waals surface area contributed by atoms with E-state index in [2.05, 4.69) is 37.4 Å². The molecule has 0 saturated heterocycles. The summed E-state index contributed by atoms with van der Waals surface area (Å²) in [5, 5.41) is 17.2. The maximum absolute atomic E-state index is 11.0. The molecule has 1 heterocycles. The third-order valence-electron chi connectivity index (χ3n) is 4.27. The number of carboxylic acids is 1. The fourth-order valence-electron chi connectivity index (χ4n) is 3.10. The minimum atomic E-state index is -0.643. The maximum Gasteiger partial charge on any atom is 0.306 e. The van der Waals surface area contributed by atoms with Crippen LogP contribution < -0.4 is 5.32 Å². The van der Waals surface area contributed by atoms with Gasteiger partial charge in [0, 0.05) is 36.8 Å². The number of rotatable bonds is 4. The van der Waals surface area contributed by atoms with Crippen molar-refractivity contribution >= 4 is 5.97 Å². The number of nitrogens with zero attached hydrogens (tertiary/aromatic N) is 2. The van der Waals surface area contributed by atoms with Crippen molar-refractivity contribution in [1.82, 2.24) is 15.1 Å². The summed E-state index contributed by atoms with van der Waals surface area (Å²) in [6.45, 7) is 7.34. The molecule has 0 atom stereocenters. The second-order valence-corrected chi connectivity index (χ2v) is 7.19. The largest absolute Gasteiger partial charge is 0.481 e. The van der Waals surface area contributed by atoms with Crippen LogP contribution in [0.25, 0.3) is 0 Å². The van der Waals surface area contributed by atoms with Gasteiger partial charge in [-0.05, 0) is 25.7 Å². The van der Waals surface area contributed by atoms with Gasteiger partial charge in [-0.25, -0.2) is 0 Å². The third kappa shape index (κ3) is 4.06. The van der Waals surface area contributed by atoms with Crippen molar-refractivity contribution in [1.29, 1.82) is 0 Å². The molecule has 0 bridgehead atoms. The van der Waals surface area contributed by atoms with Crippen molar-refractivity contribution in [2.24, 2.45) is 13.0 Å². The highest BCUT2D eigenvalue weighted by Gasteiger charge is 2.26. The van der Waals surface area contributed by atoms with E-state index in [0.717, 1.165) is 37.9 Å². The Balaban J connectivity index is 1.91. The van der Waals surface area contributed by atoms with E-state index >= 15 is 0 Å². The van der Waals surface area contributed by atoms with Crippen LogP contribution in [-0.4, -0.2) is 26.9 Å². The van der Waals surface area contributed by atoms with Gasteiger partial charge in [0.1, 0.15) is 0 Å². The number of nitrogens with one attached hydrogen (secondary N) is 1. The lowest BCUT2D eigenvalue weighted by Crippen LogP contribution is -2.35. The Labute approximate surface area is 126 Å². The zero-order valence-electron chi connectivity index (χ0n) is 13.5. The highest BCUT2D eigenvalue weighted by molar-refractivity contribution is 5.70. The summed E-state index contributed by atoms with van der Waals surface area (Å²) < 4.78 is 1.87. The fourth-order valence-corrected chi connectivity index (χ4v) is 3.10. The van der Waals surface area contributed by atoms with Gasteiger partial charge in [0.25, 0.3) is 0 Å². The summed E-state index contributed by atoms with van der Waals surface area (Å²) in [6.07, 6.45) is 5.54. The molecule has 0 amide bonds. The molecule has 1 aromatic heterocycles. The summed E-state index contributed by atoms with van der Waals surface area (Å²) in [5.74, 6) is -0.790. The van der Waals surface area contributed by atoms with Crippen LogP contribution >= 0.6 is 0 Å². The summed E-state index contributed by atoms with van der Waals surface area (Å²) in [6, 6.07) is 0.425. The molecule has 5 heteroatoms. The summed E-state index contributed by atoms with van der Waals surface area (Å²) in [5.41, 5.74) is 2.42. The monoisotopic (exact) mass is 293 g/mol. The number of hydrogen-bond acceptors (Lipinski definition) is 3. The van der Waals surface area contributed by atoms with Crippen molar-refractivity contribution in [2.75, 3.05) is 0 Å². The molecule has 0 aliphatic heterocycles. The Morgan fingerprint density at radius 2 is 2.00 bits per heavy atom. The van der Waals surface area contributed by atoms with Crippen molar-refractivity contribution in [2.45, 2.75) is 64.5 Å². The molecule has 1 aliphatic carbocycles. The third-order valence-corrected chi connectivity index (χ3v) is 4.27. The van der Waals surface area contributed by atoms with Gasteiger partial charge in [0.15, 0.2) is 0 Å². The zero-order chi connectivity index (χ0) is 15.6. The van der Waals surface area contributed by atoms with Crippen molar-refractivity contribution in [3.05, 3.63) is 17.5 Å². The second-order valence-electron chi connectivity index (χ2n) is 7.19. The SMILES string of the molecule is Cn1cc(CNC2CCC(C(=O)O)CC2)c(C(C)(C)C)n1. The standard InChI is InChI=1S/C16H27N3O2/c1-16(2,3)14-12(10-19(4)18-14)9-17-13-7-5-11(6-8-13)15(20)21/h10-11,13,17H,5-9H2,1-4H3,(H,20,21). The van der Waals surface area contributed by atoms with E-state index in [1.54, 1.807) is 0 Å². The van der Waals surface area contributed by atoms with E-state index in [-0.39, 0.29) is 11.3 Å². The lowest BCUT2D eigenvalue weighted by molar-refractivity contribution is -0.142. The first-order valence-electron chi connectivity index (χ1n) is 7.76. The van der Waals surface area contributed by atoms with E-state index in [1.165, 1.54) is 5.56 Å². The Kier molecular flexibility index (Phi) is 4.71. The highest BCUT2D eigenvalue weighted by Crippen LogP contribution is 2.26. The van der Waals surface area contributed by atoms with E-state index in [1.807, 2.05) is 11.7 Å². The normalized spacial score (nSPS) is 23.2. The van der Waals surface area contributed by atoms with Crippen LogP contribution in [-0.2, 0) is 23.8 Å². The Morgan fingerprint density at radius 1 is 1.38 bits per heavy atom. The number of aromatic nitrogens is 2. The smallest absolute Gasteiger partial charge is 0.306 e. The van der Waals surface area contributed by atoms with Crippen molar-refractivity contribution < 1.29 is 9.90 Å². The average molecular weight is 293 g/mol. The van der Waals surface area contributed by atoms with Gasteiger partial charge in [-0.2, -0.15) is 5.10 Å². The summed E-state index contributed by atoms with van der Waals surface area (Å²) >= 11 is 0. The number of carbonyl (C=O) groups is 1. The van der Waals surface area contributed by atoms with Gasteiger partial charge in [0.2, 0.25) is 0 Å². The average Bonchev–Trinajstić information content (AvgIpc) is 2.78. The predicted octanol–water partition coefficient (Wildman–Crippen LogP) is 2.45. The molecular formula is C16H27N3O2. The van der Waals surface area contributed by atoms with Gasteiger partial charge in [-0.15, -0.1) is 0 Å². The molecular weight excluding hydrogens is 266 g/mol. The molecule has 1 saturated carbocycles. The van der Waals surface area contributed by atoms with Crippen molar-refractivity contribution in [3.8, 4) is 0 Å². The quantitative estimate of drug-likeness (QED) is 0.895.